The molecular weight excluding hydrogens is 386 g/mol. The summed E-state index contributed by atoms with van der Waals surface area (Å²) in [5.74, 6) is -0.0642. The van der Waals surface area contributed by atoms with Gasteiger partial charge in [0.25, 0.3) is 5.91 Å². The molecule has 0 radical (unpaired) electrons. The first-order chi connectivity index (χ1) is 13.4. The lowest BCUT2D eigenvalue weighted by molar-refractivity contribution is -0.150. The van der Waals surface area contributed by atoms with Gasteiger partial charge in [-0.2, -0.15) is 0 Å². The summed E-state index contributed by atoms with van der Waals surface area (Å²) >= 11 is 1.06. The van der Waals surface area contributed by atoms with Gasteiger partial charge in [0, 0.05) is 6.07 Å². The summed E-state index contributed by atoms with van der Waals surface area (Å²) < 4.78 is 15.1. The van der Waals surface area contributed by atoms with Gasteiger partial charge in [0.15, 0.2) is 11.9 Å². The zero-order chi connectivity index (χ0) is 20.5. The molecule has 0 aliphatic carbocycles. The molecule has 0 saturated heterocycles. The Morgan fingerprint density at radius 3 is 2.64 bits per heavy atom. The van der Waals surface area contributed by atoms with Crippen LogP contribution in [0.15, 0.2) is 34.9 Å². The summed E-state index contributed by atoms with van der Waals surface area (Å²) in [5.41, 5.74) is 0.479. The van der Waals surface area contributed by atoms with E-state index in [1.807, 2.05) is 0 Å². The summed E-state index contributed by atoms with van der Waals surface area (Å²) in [6.45, 7) is 3.17. The number of amides is 2. The number of aromatic nitrogens is 1. The van der Waals surface area contributed by atoms with Gasteiger partial charge in [-0.1, -0.05) is 17.3 Å². The van der Waals surface area contributed by atoms with Crippen LogP contribution in [0.1, 0.15) is 12.7 Å². The minimum atomic E-state index is -0.995. The largest absolute Gasteiger partial charge is 0.495 e. The van der Waals surface area contributed by atoms with Gasteiger partial charge in [-0.05, 0) is 26.0 Å². The maximum atomic E-state index is 12.2. The fourth-order valence-electron chi connectivity index (χ4n) is 2.10. The number of ether oxygens (including phenoxy) is 2. The van der Waals surface area contributed by atoms with E-state index < -0.39 is 18.0 Å². The molecule has 0 spiro atoms. The number of anilines is 2. The second kappa shape index (κ2) is 10.4. The molecule has 1 heterocycles. The van der Waals surface area contributed by atoms with E-state index in [2.05, 4.69) is 15.8 Å². The second-order valence-electron chi connectivity index (χ2n) is 5.69. The van der Waals surface area contributed by atoms with Crippen LogP contribution < -0.4 is 15.4 Å². The fourth-order valence-corrected chi connectivity index (χ4v) is 2.69. The van der Waals surface area contributed by atoms with Crippen LogP contribution in [0.3, 0.4) is 0 Å². The molecule has 28 heavy (non-hydrogen) atoms. The minimum Gasteiger partial charge on any atom is -0.495 e. The van der Waals surface area contributed by atoms with Gasteiger partial charge in [0.2, 0.25) is 5.91 Å². The third kappa shape index (κ3) is 6.62. The Kier molecular flexibility index (Phi) is 7.88. The Bertz CT molecular complexity index is 838. The van der Waals surface area contributed by atoms with Crippen LogP contribution in [0.25, 0.3) is 0 Å². The predicted octanol–water partition coefficient (Wildman–Crippen LogP) is 2.23. The van der Waals surface area contributed by atoms with Crippen LogP contribution in [0.5, 0.6) is 5.75 Å². The molecule has 0 aliphatic heterocycles. The van der Waals surface area contributed by atoms with Gasteiger partial charge in [-0.3, -0.25) is 14.4 Å². The molecule has 0 unspecified atom stereocenters. The number of aryl methyl sites for hydroxylation is 1. The monoisotopic (exact) mass is 407 g/mol. The number of carbonyl (C=O) groups is 3. The lowest BCUT2D eigenvalue weighted by atomic mass is 10.2. The Hall–Kier alpha value is -3.01. The molecule has 1 aromatic carbocycles. The van der Waals surface area contributed by atoms with Crippen molar-refractivity contribution >= 4 is 41.1 Å². The predicted molar refractivity (Wildman–Crippen MR) is 104 cm³/mol. The van der Waals surface area contributed by atoms with Gasteiger partial charge in [0.1, 0.15) is 11.5 Å². The molecular formula is C18H21N3O6S. The van der Waals surface area contributed by atoms with Gasteiger partial charge in [0.05, 0.1) is 24.3 Å². The number of nitrogens with one attached hydrogen (secondary N) is 2. The van der Waals surface area contributed by atoms with E-state index in [-0.39, 0.29) is 17.4 Å². The average molecular weight is 407 g/mol. The molecule has 0 bridgehead atoms. The first-order valence-electron chi connectivity index (χ1n) is 8.33. The quantitative estimate of drug-likeness (QED) is 0.607. The molecule has 2 rings (SSSR count). The van der Waals surface area contributed by atoms with E-state index in [0.717, 1.165) is 11.8 Å². The normalized spacial score (nSPS) is 11.4. The van der Waals surface area contributed by atoms with Crippen molar-refractivity contribution in [1.82, 2.24) is 5.16 Å². The third-order valence-corrected chi connectivity index (χ3v) is 4.30. The van der Waals surface area contributed by atoms with Crippen molar-refractivity contribution in [3.05, 3.63) is 36.1 Å². The Balaban J connectivity index is 1.71. The van der Waals surface area contributed by atoms with Crippen LogP contribution in [0.4, 0.5) is 11.5 Å². The highest BCUT2D eigenvalue weighted by atomic mass is 32.2. The number of benzene rings is 1. The number of nitrogens with zero attached hydrogens (tertiary/aromatic N) is 1. The number of para-hydroxylation sites is 2. The summed E-state index contributed by atoms with van der Waals surface area (Å²) in [6.07, 6.45) is -0.995. The maximum absolute atomic E-state index is 12.2. The highest BCUT2D eigenvalue weighted by Crippen LogP contribution is 2.23. The van der Waals surface area contributed by atoms with Gasteiger partial charge >= 0.3 is 5.97 Å². The van der Waals surface area contributed by atoms with Crippen molar-refractivity contribution in [2.75, 3.05) is 29.2 Å². The van der Waals surface area contributed by atoms with E-state index in [1.165, 1.54) is 14.0 Å². The van der Waals surface area contributed by atoms with Crippen LogP contribution in [0.2, 0.25) is 0 Å². The van der Waals surface area contributed by atoms with Crippen LogP contribution in [-0.4, -0.2) is 47.7 Å². The topological polar surface area (TPSA) is 120 Å². The van der Waals surface area contributed by atoms with E-state index in [1.54, 1.807) is 37.3 Å². The first kappa shape index (κ1) is 21.3. The van der Waals surface area contributed by atoms with E-state index in [0.29, 0.717) is 23.0 Å². The molecule has 10 heteroatoms. The molecule has 150 valence electrons. The van der Waals surface area contributed by atoms with Gasteiger partial charge < -0.3 is 24.6 Å². The highest BCUT2D eigenvalue weighted by molar-refractivity contribution is 8.00. The van der Waals surface area contributed by atoms with Crippen LogP contribution >= 0.6 is 11.8 Å². The molecule has 1 atom stereocenters. The molecule has 1 aromatic heterocycles. The third-order valence-electron chi connectivity index (χ3n) is 3.39. The van der Waals surface area contributed by atoms with E-state index in [9.17, 15) is 14.4 Å². The number of hydrogen-bond donors (Lipinski definition) is 2. The second-order valence-corrected chi connectivity index (χ2v) is 6.67. The van der Waals surface area contributed by atoms with Crippen molar-refractivity contribution < 1.29 is 28.4 Å². The summed E-state index contributed by atoms with van der Waals surface area (Å²) in [7, 11) is 1.49. The summed E-state index contributed by atoms with van der Waals surface area (Å²) in [4.78, 5) is 35.8. The molecule has 0 saturated carbocycles. The number of esters is 1. The number of rotatable bonds is 9. The van der Waals surface area contributed by atoms with E-state index >= 15 is 0 Å². The van der Waals surface area contributed by atoms with Crippen LogP contribution in [0, 0.1) is 6.92 Å². The maximum Gasteiger partial charge on any atom is 0.316 e. The molecule has 9 nitrogen and oxygen atoms in total. The Labute approximate surface area is 166 Å². The summed E-state index contributed by atoms with van der Waals surface area (Å²) in [5, 5.41) is 8.83. The van der Waals surface area contributed by atoms with Crippen molar-refractivity contribution in [1.29, 1.82) is 0 Å². The number of thioether (sulfide) groups is 1. The lowest BCUT2D eigenvalue weighted by Gasteiger charge is -2.15. The zero-order valence-corrected chi connectivity index (χ0v) is 16.5. The standard InChI is InChI=1S/C18H21N3O6S/c1-11-8-15(21-27-11)20-16(22)9-28-10-17(23)26-12(2)18(24)19-13-6-4-5-7-14(13)25-3/h4-8,12H,9-10H2,1-3H3,(H,19,24)(H,20,21,22)/t12-/m1/s1. The molecule has 2 N–H and O–H groups in total. The zero-order valence-electron chi connectivity index (χ0n) is 15.7. The number of carbonyl (C=O) groups excluding carboxylic acids is 3. The minimum absolute atomic E-state index is 0.0306. The smallest absolute Gasteiger partial charge is 0.316 e. The molecule has 2 aromatic rings. The van der Waals surface area contributed by atoms with Crippen molar-refractivity contribution in [2.45, 2.75) is 20.0 Å². The van der Waals surface area contributed by atoms with E-state index in [4.69, 9.17) is 14.0 Å². The number of methoxy groups -OCH3 is 1. The fraction of sp³-hybridized carbons (Fsp3) is 0.333. The number of hydrogen-bond acceptors (Lipinski definition) is 8. The average Bonchev–Trinajstić information content (AvgIpc) is 3.06. The highest BCUT2D eigenvalue weighted by Gasteiger charge is 2.19. The SMILES string of the molecule is COc1ccccc1NC(=O)[C@@H](C)OC(=O)CSCC(=O)Nc1cc(C)on1. The van der Waals surface area contributed by atoms with Gasteiger partial charge in [-0.15, -0.1) is 11.8 Å². The Morgan fingerprint density at radius 2 is 1.96 bits per heavy atom. The first-order valence-corrected chi connectivity index (χ1v) is 9.48. The van der Waals surface area contributed by atoms with Gasteiger partial charge in [-0.25, -0.2) is 0 Å². The van der Waals surface area contributed by atoms with Crippen LogP contribution in [-0.2, 0) is 19.1 Å². The molecule has 0 fully saturated rings. The van der Waals surface area contributed by atoms with Crippen molar-refractivity contribution in [3.63, 3.8) is 0 Å². The van der Waals surface area contributed by atoms with Crippen molar-refractivity contribution in [3.8, 4) is 5.75 Å². The molecule has 2 amide bonds. The Morgan fingerprint density at radius 1 is 1.21 bits per heavy atom. The summed E-state index contributed by atoms with van der Waals surface area (Å²) in [6, 6.07) is 8.48. The van der Waals surface area contributed by atoms with Crippen molar-refractivity contribution in [2.24, 2.45) is 0 Å². The molecule has 0 aliphatic rings. The lowest BCUT2D eigenvalue weighted by Crippen LogP contribution is -2.30.